The van der Waals surface area contributed by atoms with Gasteiger partial charge in [-0.2, -0.15) is 0 Å². The summed E-state index contributed by atoms with van der Waals surface area (Å²) in [7, 11) is 1.35. The summed E-state index contributed by atoms with van der Waals surface area (Å²) in [6.45, 7) is 0. The summed E-state index contributed by atoms with van der Waals surface area (Å²) in [5, 5.41) is 13.7. The Kier molecular flexibility index (Phi) is 5.73. The van der Waals surface area contributed by atoms with E-state index in [0.29, 0.717) is 22.2 Å². The number of carbonyl (C=O) groups excluding carboxylic acids is 1. The van der Waals surface area contributed by atoms with Gasteiger partial charge in [-0.3, -0.25) is 4.98 Å². The third-order valence-electron chi connectivity index (χ3n) is 5.73. The summed E-state index contributed by atoms with van der Waals surface area (Å²) in [5.41, 5.74) is 2.95. The lowest BCUT2D eigenvalue weighted by atomic mass is 10.0. The highest BCUT2D eigenvalue weighted by Crippen LogP contribution is 2.43. The Hall–Kier alpha value is -4.17. The van der Waals surface area contributed by atoms with E-state index in [-0.39, 0.29) is 23.8 Å². The molecule has 8 heteroatoms. The fourth-order valence-corrected chi connectivity index (χ4v) is 4.44. The molecule has 1 aliphatic rings. The summed E-state index contributed by atoms with van der Waals surface area (Å²) in [6, 6.07) is 22.9. The van der Waals surface area contributed by atoms with Gasteiger partial charge in [0.1, 0.15) is 23.3 Å². The van der Waals surface area contributed by atoms with Crippen molar-refractivity contribution in [2.24, 2.45) is 0 Å². The average molecular weight is 472 g/mol. The van der Waals surface area contributed by atoms with Crippen LogP contribution in [0.25, 0.3) is 11.3 Å². The SMILES string of the molecule is COC(=O)c1ccc(-c2ccc([C@@H]3[C@H](c4ccccn4)NC(=S)N3c3ccc(O)cc3)o2)cc1. The molecular formula is C26H21N3O4S. The van der Waals surface area contributed by atoms with Crippen molar-refractivity contribution in [3.8, 4) is 17.1 Å². The molecule has 7 nitrogen and oxygen atoms in total. The molecule has 0 aliphatic carbocycles. The largest absolute Gasteiger partial charge is 0.508 e. The van der Waals surface area contributed by atoms with Gasteiger partial charge in [0, 0.05) is 17.4 Å². The van der Waals surface area contributed by atoms with Crippen molar-refractivity contribution in [3.63, 3.8) is 0 Å². The highest BCUT2D eigenvalue weighted by Gasteiger charge is 2.42. The number of phenols is 1. The molecule has 2 aromatic heterocycles. The summed E-state index contributed by atoms with van der Waals surface area (Å²) in [5.74, 6) is 1.15. The van der Waals surface area contributed by atoms with Crippen LogP contribution < -0.4 is 10.2 Å². The third-order valence-corrected chi connectivity index (χ3v) is 6.05. The van der Waals surface area contributed by atoms with E-state index in [0.717, 1.165) is 16.9 Å². The number of esters is 1. The van der Waals surface area contributed by atoms with Crippen molar-refractivity contribution in [2.75, 3.05) is 12.0 Å². The van der Waals surface area contributed by atoms with E-state index in [4.69, 9.17) is 21.4 Å². The van der Waals surface area contributed by atoms with Crippen LogP contribution in [-0.4, -0.2) is 28.3 Å². The smallest absolute Gasteiger partial charge is 0.337 e. The van der Waals surface area contributed by atoms with Gasteiger partial charge < -0.3 is 24.5 Å². The summed E-state index contributed by atoms with van der Waals surface area (Å²) >= 11 is 5.70. The Morgan fingerprint density at radius 2 is 1.82 bits per heavy atom. The molecule has 0 radical (unpaired) electrons. The molecule has 1 aliphatic heterocycles. The van der Waals surface area contributed by atoms with Crippen molar-refractivity contribution < 1.29 is 19.1 Å². The van der Waals surface area contributed by atoms with Crippen LogP contribution in [0.3, 0.4) is 0 Å². The number of aromatic nitrogens is 1. The fourth-order valence-electron chi connectivity index (χ4n) is 4.09. The van der Waals surface area contributed by atoms with Gasteiger partial charge in [-0.05, 0) is 72.9 Å². The fraction of sp³-hybridized carbons (Fsp3) is 0.115. The number of pyridine rings is 1. The molecule has 2 aromatic carbocycles. The molecule has 2 atom stereocenters. The molecular weight excluding hydrogens is 450 g/mol. The number of benzene rings is 2. The highest BCUT2D eigenvalue weighted by molar-refractivity contribution is 7.80. The zero-order valence-corrected chi connectivity index (χ0v) is 19.0. The van der Waals surface area contributed by atoms with Gasteiger partial charge >= 0.3 is 5.97 Å². The van der Waals surface area contributed by atoms with E-state index < -0.39 is 0 Å². The van der Waals surface area contributed by atoms with Crippen LogP contribution in [0, 0.1) is 0 Å². The standard InChI is InChI=1S/C26H21N3O4S/c1-32-25(31)17-7-5-16(6-8-17)21-13-14-22(33-21)24-23(20-4-2-3-15-27-20)28-26(34)29(24)18-9-11-19(30)12-10-18/h2-15,23-24,30H,1H3,(H,28,34)/t23-,24+/m0/s1. The number of phenolic OH excluding ortho intramolecular Hbond substituents is 1. The van der Waals surface area contributed by atoms with Gasteiger partial charge in [0.25, 0.3) is 0 Å². The molecule has 3 heterocycles. The lowest BCUT2D eigenvalue weighted by molar-refractivity contribution is 0.0600. The number of rotatable bonds is 5. The van der Waals surface area contributed by atoms with Crippen molar-refractivity contribution in [1.82, 2.24) is 10.3 Å². The van der Waals surface area contributed by atoms with E-state index in [1.54, 1.807) is 30.5 Å². The first kappa shape index (κ1) is 21.7. The normalized spacial score (nSPS) is 17.4. The second-order valence-corrected chi connectivity index (χ2v) is 8.17. The number of anilines is 1. The van der Waals surface area contributed by atoms with Crippen LogP contribution in [0.2, 0.25) is 0 Å². The molecule has 0 bridgehead atoms. The maximum Gasteiger partial charge on any atom is 0.337 e. The molecule has 5 rings (SSSR count). The van der Waals surface area contributed by atoms with Gasteiger partial charge in [0.05, 0.1) is 24.4 Å². The van der Waals surface area contributed by atoms with Gasteiger partial charge in [-0.1, -0.05) is 18.2 Å². The maximum atomic E-state index is 11.7. The number of furan rings is 1. The Morgan fingerprint density at radius 3 is 2.50 bits per heavy atom. The van der Waals surface area contributed by atoms with Gasteiger partial charge in [-0.25, -0.2) is 4.79 Å². The summed E-state index contributed by atoms with van der Waals surface area (Å²) < 4.78 is 11.1. The second-order valence-electron chi connectivity index (χ2n) is 7.78. The first-order chi connectivity index (χ1) is 16.5. The number of ether oxygens (including phenoxy) is 1. The zero-order valence-electron chi connectivity index (χ0n) is 18.2. The second kappa shape index (κ2) is 8.99. The van der Waals surface area contributed by atoms with Crippen LogP contribution in [-0.2, 0) is 4.74 Å². The molecule has 34 heavy (non-hydrogen) atoms. The molecule has 1 saturated heterocycles. The molecule has 0 saturated carbocycles. The number of nitrogens with zero attached hydrogens (tertiary/aromatic N) is 2. The van der Waals surface area contributed by atoms with Crippen molar-refractivity contribution in [2.45, 2.75) is 12.1 Å². The number of carbonyl (C=O) groups is 1. The molecule has 0 spiro atoms. The topological polar surface area (TPSA) is 87.8 Å². The Balaban J connectivity index is 1.54. The zero-order chi connectivity index (χ0) is 23.7. The molecule has 170 valence electrons. The van der Waals surface area contributed by atoms with Crippen LogP contribution >= 0.6 is 12.2 Å². The minimum Gasteiger partial charge on any atom is -0.508 e. The number of thiocarbonyl (C=S) groups is 1. The monoisotopic (exact) mass is 471 g/mol. The van der Waals surface area contributed by atoms with Crippen LogP contribution in [0.5, 0.6) is 5.75 Å². The quantitative estimate of drug-likeness (QED) is 0.310. The van der Waals surface area contributed by atoms with Crippen LogP contribution in [0.15, 0.2) is 89.5 Å². The number of nitrogens with one attached hydrogen (secondary N) is 1. The summed E-state index contributed by atoms with van der Waals surface area (Å²) in [6.07, 6.45) is 1.75. The maximum absolute atomic E-state index is 11.7. The van der Waals surface area contributed by atoms with Crippen molar-refractivity contribution in [1.29, 1.82) is 0 Å². The molecule has 2 N–H and O–H groups in total. The Morgan fingerprint density at radius 1 is 1.06 bits per heavy atom. The number of aromatic hydroxyl groups is 1. The minimum atomic E-state index is -0.389. The van der Waals surface area contributed by atoms with Gasteiger partial charge in [-0.15, -0.1) is 0 Å². The Labute approximate surface area is 201 Å². The predicted molar refractivity (Wildman–Crippen MR) is 132 cm³/mol. The minimum absolute atomic E-state index is 0.176. The lowest BCUT2D eigenvalue weighted by Gasteiger charge is -2.26. The first-order valence-electron chi connectivity index (χ1n) is 10.6. The van der Waals surface area contributed by atoms with Gasteiger partial charge in [0.2, 0.25) is 0 Å². The van der Waals surface area contributed by atoms with Gasteiger partial charge in [0.15, 0.2) is 5.11 Å². The van der Waals surface area contributed by atoms with E-state index in [1.165, 1.54) is 7.11 Å². The third kappa shape index (κ3) is 3.99. The van der Waals surface area contributed by atoms with Crippen molar-refractivity contribution in [3.05, 3.63) is 102 Å². The lowest BCUT2D eigenvalue weighted by Crippen LogP contribution is -2.29. The number of hydrogen-bond acceptors (Lipinski definition) is 6. The van der Waals surface area contributed by atoms with E-state index in [2.05, 4.69) is 10.3 Å². The number of hydrogen-bond donors (Lipinski definition) is 2. The van der Waals surface area contributed by atoms with Crippen LogP contribution in [0.1, 0.15) is 33.9 Å². The van der Waals surface area contributed by atoms with E-state index >= 15 is 0 Å². The molecule has 0 unspecified atom stereocenters. The van der Waals surface area contributed by atoms with Crippen LogP contribution in [0.4, 0.5) is 5.69 Å². The molecule has 1 fully saturated rings. The summed E-state index contributed by atoms with van der Waals surface area (Å²) in [4.78, 5) is 18.2. The van der Waals surface area contributed by atoms with Crippen molar-refractivity contribution >= 4 is 29.0 Å². The predicted octanol–water partition coefficient (Wildman–Crippen LogP) is 5.01. The molecule has 4 aromatic rings. The first-order valence-corrected chi connectivity index (χ1v) is 11.0. The average Bonchev–Trinajstić information content (AvgIpc) is 3.49. The highest BCUT2D eigenvalue weighted by atomic mass is 32.1. The molecule has 0 amide bonds. The number of methoxy groups -OCH3 is 1. The Bertz CT molecular complexity index is 1320. The van der Waals surface area contributed by atoms with E-state index in [1.807, 2.05) is 59.5 Å². The van der Waals surface area contributed by atoms with E-state index in [9.17, 15) is 9.90 Å².